The van der Waals surface area contributed by atoms with Crippen molar-refractivity contribution in [3.05, 3.63) is 46.5 Å². The van der Waals surface area contributed by atoms with E-state index in [-0.39, 0.29) is 40.0 Å². The summed E-state index contributed by atoms with van der Waals surface area (Å²) in [5.41, 5.74) is 0.0879. The van der Waals surface area contributed by atoms with Gasteiger partial charge < -0.3 is 20.9 Å². The molecule has 1 fully saturated rings. The number of nitrogens with one attached hydrogen (secondary N) is 4. The number of hydrogen-bond acceptors (Lipinski definition) is 4. The average Bonchev–Trinajstić information content (AvgIpc) is 3.22. The Labute approximate surface area is 175 Å². The number of hydrogen-bond donors (Lipinski definition) is 4. The van der Waals surface area contributed by atoms with E-state index in [0.29, 0.717) is 25.7 Å². The Bertz CT molecular complexity index is 973. The molecule has 11 heteroatoms. The molecular formula is C19H20ClF2N5O3. The van der Waals surface area contributed by atoms with Gasteiger partial charge in [-0.15, -0.1) is 0 Å². The third-order valence-electron chi connectivity index (χ3n) is 5.01. The quantitative estimate of drug-likeness (QED) is 0.536. The van der Waals surface area contributed by atoms with Crippen LogP contribution in [0, 0.1) is 17.6 Å². The molecule has 4 N–H and O–H groups in total. The highest BCUT2D eigenvalue weighted by molar-refractivity contribution is 6.33. The number of carbonyl (C=O) groups excluding carboxylic acids is 3. The number of aromatic amines is 1. The Morgan fingerprint density at radius 2 is 1.77 bits per heavy atom. The zero-order valence-electron chi connectivity index (χ0n) is 16.0. The lowest BCUT2D eigenvalue weighted by atomic mass is 9.85. The van der Waals surface area contributed by atoms with Crippen LogP contribution in [0.5, 0.6) is 0 Å². The summed E-state index contributed by atoms with van der Waals surface area (Å²) in [7, 11) is 1.45. The fourth-order valence-corrected chi connectivity index (χ4v) is 3.57. The predicted molar refractivity (Wildman–Crippen MR) is 105 cm³/mol. The van der Waals surface area contributed by atoms with Crippen LogP contribution in [-0.4, -0.2) is 40.8 Å². The van der Waals surface area contributed by atoms with E-state index in [4.69, 9.17) is 11.6 Å². The first kappa shape index (κ1) is 21.7. The number of aromatic nitrogens is 2. The van der Waals surface area contributed by atoms with E-state index < -0.39 is 23.4 Å². The molecule has 1 aliphatic rings. The molecular weight excluding hydrogens is 420 g/mol. The minimum atomic E-state index is -1.10. The molecule has 2 aromatic rings. The van der Waals surface area contributed by atoms with E-state index >= 15 is 0 Å². The Hall–Kier alpha value is -3.01. The largest absolute Gasteiger partial charge is 0.354 e. The second-order valence-electron chi connectivity index (χ2n) is 6.96. The van der Waals surface area contributed by atoms with Crippen LogP contribution in [0.3, 0.4) is 0 Å². The molecule has 8 nitrogen and oxygen atoms in total. The summed E-state index contributed by atoms with van der Waals surface area (Å²) in [5, 5.41) is 7.69. The number of amides is 3. The molecule has 1 saturated carbocycles. The zero-order valence-corrected chi connectivity index (χ0v) is 16.8. The van der Waals surface area contributed by atoms with Gasteiger partial charge in [0.25, 0.3) is 11.8 Å². The zero-order chi connectivity index (χ0) is 21.8. The Balaban J connectivity index is 1.54. The fourth-order valence-electron chi connectivity index (χ4n) is 3.37. The number of imidazole rings is 1. The standard InChI is InChI=1S/C19H20ClF2N5O3/c1-23-18(29)15-16(25-8-24-15)19(30)26-10-4-2-9(3-5-10)17(28)27-14-7-13(22)12(21)6-11(14)20/h6-10H,2-5H2,1H3,(H,23,29)(H,24,25)(H,26,30)(H,27,28). The first-order valence-corrected chi connectivity index (χ1v) is 9.69. The van der Waals surface area contributed by atoms with E-state index in [1.807, 2.05) is 0 Å². The minimum absolute atomic E-state index is 0.00203. The van der Waals surface area contributed by atoms with Gasteiger partial charge in [-0.1, -0.05) is 11.6 Å². The molecule has 0 radical (unpaired) electrons. The van der Waals surface area contributed by atoms with Crippen molar-refractivity contribution in [1.82, 2.24) is 20.6 Å². The van der Waals surface area contributed by atoms with Gasteiger partial charge in [-0.25, -0.2) is 13.8 Å². The van der Waals surface area contributed by atoms with Gasteiger partial charge in [-0.2, -0.15) is 0 Å². The molecule has 160 valence electrons. The lowest BCUT2D eigenvalue weighted by Crippen LogP contribution is -2.40. The van der Waals surface area contributed by atoms with Gasteiger partial charge in [0.1, 0.15) is 5.69 Å². The maximum atomic E-state index is 13.4. The molecule has 1 heterocycles. The van der Waals surface area contributed by atoms with Crippen LogP contribution in [0.4, 0.5) is 14.5 Å². The predicted octanol–water partition coefficient (Wildman–Crippen LogP) is 2.63. The molecule has 0 bridgehead atoms. The Morgan fingerprint density at radius 1 is 1.10 bits per heavy atom. The SMILES string of the molecule is CNC(=O)c1[nH]cnc1C(=O)NC1CCC(C(=O)Nc2cc(F)c(F)cc2Cl)CC1. The molecule has 3 rings (SSSR count). The highest BCUT2D eigenvalue weighted by Gasteiger charge is 2.29. The van der Waals surface area contributed by atoms with E-state index in [9.17, 15) is 23.2 Å². The third-order valence-corrected chi connectivity index (χ3v) is 5.32. The summed E-state index contributed by atoms with van der Waals surface area (Å²) in [4.78, 5) is 43.2. The van der Waals surface area contributed by atoms with Gasteiger partial charge in [-0.3, -0.25) is 14.4 Å². The van der Waals surface area contributed by atoms with Crippen molar-refractivity contribution >= 4 is 35.0 Å². The molecule has 30 heavy (non-hydrogen) atoms. The molecule has 0 atom stereocenters. The van der Waals surface area contributed by atoms with E-state index in [1.54, 1.807) is 0 Å². The van der Waals surface area contributed by atoms with Gasteiger partial charge in [0.15, 0.2) is 17.3 Å². The summed E-state index contributed by atoms with van der Waals surface area (Å²) in [6.45, 7) is 0. The topological polar surface area (TPSA) is 116 Å². The van der Waals surface area contributed by atoms with Crippen LogP contribution >= 0.6 is 11.6 Å². The number of anilines is 1. The molecule has 1 aromatic carbocycles. The lowest BCUT2D eigenvalue weighted by Gasteiger charge is -2.28. The van der Waals surface area contributed by atoms with Gasteiger partial charge in [0, 0.05) is 25.1 Å². The Morgan fingerprint density at radius 3 is 2.43 bits per heavy atom. The molecule has 0 unspecified atom stereocenters. The van der Waals surface area contributed by atoms with Gasteiger partial charge >= 0.3 is 0 Å². The molecule has 0 saturated heterocycles. The highest BCUT2D eigenvalue weighted by atomic mass is 35.5. The summed E-state index contributed by atoms with van der Waals surface area (Å²) >= 11 is 5.85. The van der Waals surface area contributed by atoms with E-state index in [2.05, 4.69) is 25.9 Å². The monoisotopic (exact) mass is 439 g/mol. The number of nitrogens with zero attached hydrogens (tertiary/aromatic N) is 1. The minimum Gasteiger partial charge on any atom is -0.354 e. The smallest absolute Gasteiger partial charge is 0.272 e. The van der Waals surface area contributed by atoms with Crippen LogP contribution in [0.15, 0.2) is 18.5 Å². The van der Waals surface area contributed by atoms with Crippen LogP contribution in [0.1, 0.15) is 46.7 Å². The van der Waals surface area contributed by atoms with Crippen molar-refractivity contribution < 1.29 is 23.2 Å². The van der Waals surface area contributed by atoms with Gasteiger partial charge in [0.05, 0.1) is 17.0 Å². The van der Waals surface area contributed by atoms with Crippen LogP contribution in [-0.2, 0) is 4.79 Å². The van der Waals surface area contributed by atoms with Crippen molar-refractivity contribution in [2.45, 2.75) is 31.7 Å². The number of H-pyrrole nitrogens is 1. The maximum absolute atomic E-state index is 13.4. The molecule has 1 aromatic heterocycles. The molecule has 1 aliphatic carbocycles. The summed E-state index contributed by atoms with van der Waals surface area (Å²) in [6, 6.07) is 1.47. The number of rotatable bonds is 5. The summed E-state index contributed by atoms with van der Waals surface area (Å²) in [6.07, 6.45) is 3.32. The maximum Gasteiger partial charge on any atom is 0.272 e. The second-order valence-corrected chi connectivity index (χ2v) is 7.37. The molecule has 3 amide bonds. The first-order chi connectivity index (χ1) is 14.3. The fraction of sp³-hybridized carbons (Fsp3) is 0.368. The molecule has 0 aliphatic heterocycles. The third kappa shape index (κ3) is 4.76. The Kier molecular flexibility index (Phi) is 6.66. The van der Waals surface area contributed by atoms with Crippen molar-refractivity contribution in [1.29, 1.82) is 0 Å². The summed E-state index contributed by atoms with van der Waals surface area (Å²) in [5.74, 6) is -3.82. The van der Waals surface area contributed by atoms with Crippen molar-refractivity contribution in [2.75, 3.05) is 12.4 Å². The van der Waals surface area contributed by atoms with E-state index in [0.717, 1.165) is 12.1 Å². The first-order valence-electron chi connectivity index (χ1n) is 9.31. The van der Waals surface area contributed by atoms with Crippen LogP contribution in [0.2, 0.25) is 5.02 Å². The van der Waals surface area contributed by atoms with Crippen molar-refractivity contribution in [3.63, 3.8) is 0 Å². The second kappa shape index (κ2) is 9.21. The van der Waals surface area contributed by atoms with Gasteiger partial charge in [-0.05, 0) is 31.7 Å². The van der Waals surface area contributed by atoms with Crippen LogP contribution in [0.25, 0.3) is 0 Å². The highest BCUT2D eigenvalue weighted by Crippen LogP contribution is 2.29. The number of carbonyl (C=O) groups is 3. The normalized spacial score (nSPS) is 18.5. The van der Waals surface area contributed by atoms with Crippen LogP contribution < -0.4 is 16.0 Å². The number of benzene rings is 1. The van der Waals surface area contributed by atoms with E-state index in [1.165, 1.54) is 13.4 Å². The lowest BCUT2D eigenvalue weighted by molar-refractivity contribution is -0.120. The number of halogens is 3. The average molecular weight is 440 g/mol. The summed E-state index contributed by atoms with van der Waals surface area (Å²) < 4.78 is 26.5. The van der Waals surface area contributed by atoms with Crippen molar-refractivity contribution in [2.24, 2.45) is 5.92 Å². The molecule has 0 spiro atoms. The van der Waals surface area contributed by atoms with Gasteiger partial charge in [0.2, 0.25) is 5.91 Å². The van der Waals surface area contributed by atoms with Crippen molar-refractivity contribution in [3.8, 4) is 0 Å².